The third-order valence-electron chi connectivity index (χ3n) is 2.91. The van der Waals surface area contributed by atoms with Crippen molar-refractivity contribution < 1.29 is 20.1 Å². The zero-order chi connectivity index (χ0) is 14.2. The second-order valence-corrected chi connectivity index (χ2v) is 4.08. The molecule has 1 saturated heterocycles. The Hall–Kier alpha value is -1.92. The third kappa shape index (κ3) is 2.20. The van der Waals surface area contributed by atoms with Crippen LogP contribution in [0.3, 0.4) is 0 Å². The van der Waals surface area contributed by atoms with Gasteiger partial charge in [-0.2, -0.15) is 0 Å². The van der Waals surface area contributed by atoms with E-state index < -0.39 is 42.4 Å². The second-order valence-electron chi connectivity index (χ2n) is 4.08. The van der Waals surface area contributed by atoms with Crippen molar-refractivity contribution in [2.45, 2.75) is 24.5 Å². The summed E-state index contributed by atoms with van der Waals surface area (Å²) in [6.45, 7) is -0.519. The number of aromatic amines is 1. The number of terminal acetylenes is 1. The van der Waals surface area contributed by atoms with Gasteiger partial charge in [0, 0.05) is 6.20 Å². The van der Waals surface area contributed by atoms with E-state index in [1.54, 1.807) is 0 Å². The summed E-state index contributed by atoms with van der Waals surface area (Å²) in [7, 11) is 0. The van der Waals surface area contributed by atoms with Gasteiger partial charge < -0.3 is 20.1 Å². The van der Waals surface area contributed by atoms with Crippen molar-refractivity contribution in [3.63, 3.8) is 0 Å². The van der Waals surface area contributed by atoms with Crippen molar-refractivity contribution in [3.05, 3.63) is 32.6 Å². The van der Waals surface area contributed by atoms with E-state index in [1.165, 1.54) is 0 Å². The lowest BCUT2D eigenvalue weighted by Gasteiger charge is -2.17. The number of ether oxygens (including phenoxy) is 1. The van der Waals surface area contributed by atoms with Crippen LogP contribution in [0.5, 0.6) is 0 Å². The SMILES string of the molecule is C#Cc1cn([C@H]2O[C@@H](CO)[C@H](O)[C@H]2O)c(=O)[nH]c1=O. The zero-order valence-electron chi connectivity index (χ0n) is 9.68. The summed E-state index contributed by atoms with van der Waals surface area (Å²) in [6, 6.07) is 0. The van der Waals surface area contributed by atoms with Gasteiger partial charge in [0.1, 0.15) is 23.9 Å². The third-order valence-corrected chi connectivity index (χ3v) is 2.91. The van der Waals surface area contributed by atoms with E-state index in [4.69, 9.17) is 16.3 Å². The van der Waals surface area contributed by atoms with Crippen LogP contribution in [0.25, 0.3) is 0 Å². The molecule has 1 fully saturated rings. The zero-order valence-corrected chi connectivity index (χ0v) is 9.68. The van der Waals surface area contributed by atoms with Crippen molar-refractivity contribution in [1.82, 2.24) is 9.55 Å². The molecule has 1 aromatic rings. The standard InChI is InChI=1S/C11H12N2O6/c1-2-5-3-13(11(18)12-9(5)17)10-8(16)7(15)6(4-14)19-10/h1,3,6-8,10,14-16H,4H2,(H,12,17,18)/t6-,7-,8+,10-/m0/s1. The van der Waals surface area contributed by atoms with E-state index >= 15 is 0 Å². The molecule has 0 aliphatic carbocycles. The average Bonchev–Trinajstić information content (AvgIpc) is 2.67. The lowest BCUT2D eigenvalue weighted by atomic mass is 10.1. The predicted octanol–water partition coefficient (Wildman–Crippen LogP) is -2.87. The molecule has 0 aromatic carbocycles. The number of rotatable bonds is 2. The lowest BCUT2D eigenvalue weighted by molar-refractivity contribution is -0.0550. The maximum absolute atomic E-state index is 11.6. The van der Waals surface area contributed by atoms with E-state index in [1.807, 2.05) is 4.98 Å². The Kier molecular flexibility index (Phi) is 3.55. The van der Waals surface area contributed by atoms with Gasteiger partial charge >= 0.3 is 5.69 Å². The molecule has 1 aliphatic rings. The molecule has 19 heavy (non-hydrogen) atoms. The van der Waals surface area contributed by atoms with Gasteiger partial charge in [0.2, 0.25) is 0 Å². The van der Waals surface area contributed by atoms with E-state index in [0.29, 0.717) is 0 Å². The Labute approximate surface area is 106 Å². The number of aliphatic hydroxyl groups is 3. The number of aromatic nitrogens is 2. The molecule has 0 amide bonds. The number of H-pyrrole nitrogens is 1. The number of nitrogens with zero attached hydrogens (tertiary/aromatic N) is 1. The molecule has 0 unspecified atom stereocenters. The van der Waals surface area contributed by atoms with Gasteiger partial charge in [-0.25, -0.2) is 4.79 Å². The van der Waals surface area contributed by atoms with Gasteiger partial charge in [0.25, 0.3) is 5.56 Å². The van der Waals surface area contributed by atoms with Crippen molar-refractivity contribution in [1.29, 1.82) is 0 Å². The van der Waals surface area contributed by atoms with Crippen molar-refractivity contribution in [3.8, 4) is 12.3 Å². The first-order chi connectivity index (χ1) is 8.99. The Morgan fingerprint density at radius 3 is 2.63 bits per heavy atom. The van der Waals surface area contributed by atoms with Gasteiger partial charge in [-0.1, -0.05) is 5.92 Å². The molecular formula is C11H12N2O6. The Morgan fingerprint density at radius 2 is 2.11 bits per heavy atom. The number of hydrogen-bond acceptors (Lipinski definition) is 6. The molecule has 4 atom stereocenters. The highest BCUT2D eigenvalue weighted by Gasteiger charge is 2.43. The van der Waals surface area contributed by atoms with Gasteiger partial charge in [-0.05, 0) is 0 Å². The quantitative estimate of drug-likeness (QED) is 0.427. The summed E-state index contributed by atoms with van der Waals surface area (Å²) in [5.74, 6) is 2.09. The monoisotopic (exact) mass is 268 g/mol. The van der Waals surface area contributed by atoms with E-state index in [2.05, 4.69) is 5.92 Å². The maximum atomic E-state index is 11.6. The lowest BCUT2D eigenvalue weighted by Crippen LogP contribution is -2.38. The molecule has 0 bridgehead atoms. The van der Waals surface area contributed by atoms with E-state index in [9.17, 15) is 19.8 Å². The fourth-order valence-corrected chi connectivity index (χ4v) is 1.89. The molecule has 1 aliphatic heterocycles. The topological polar surface area (TPSA) is 125 Å². The molecule has 0 saturated carbocycles. The molecule has 0 spiro atoms. The number of aliphatic hydroxyl groups excluding tert-OH is 3. The first kappa shape index (κ1) is 13.5. The second kappa shape index (κ2) is 4.99. The van der Waals surface area contributed by atoms with Crippen LogP contribution in [0.15, 0.2) is 15.8 Å². The molecule has 8 nitrogen and oxygen atoms in total. The predicted molar refractivity (Wildman–Crippen MR) is 62.3 cm³/mol. The molecular weight excluding hydrogens is 256 g/mol. The van der Waals surface area contributed by atoms with E-state index in [-0.39, 0.29) is 5.56 Å². The van der Waals surface area contributed by atoms with Crippen molar-refractivity contribution >= 4 is 0 Å². The summed E-state index contributed by atoms with van der Waals surface area (Å²) in [6.07, 6.45) is 1.14. The Bertz CT molecular complexity index is 627. The van der Waals surface area contributed by atoms with Crippen LogP contribution >= 0.6 is 0 Å². The van der Waals surface area contributed by atoms with Crippen LogP contribution in [0.4, 0.5) is 0 Å². The van der Waals surface area contributed by atoms with Crippen LogP contribution in [-0.4, -0.2) is 49.8 Å². The molecule has 4 N–H and O–H groups in total. The van der Waals surface area contributed by atoms with Crippen LogP contribution < -0.4 is 11.2 Å². The van der Waals surface area contributed by atoms with Crippen LogP contribution in [-0.2, 0) is 4.74 Å². The molecule has 2 heterocycles. The molecule has 0 radical (unpaired) electrons. The minimum absolute atomic E-state index is 0.114. The van der Waals surface area contributed by atoms with Crippen LogP contribution in [0, 0.1) is 12.3 Å². The highest BCUT2D eigenvalue weighted by molar-refractivity contribution is 5.26. The van der Waals surface area contributed by atoms with E-state index in [0.717, 1.165) is 10.8 Å². The smallest absolute Gasteiger partial charge is 0.330 e. The van der Waals surface area contributed by atoms with Gasteiger partial charge in [0.15, 0.2) is 6.23 Å². The molecule has 1 aromatic heterocycles. The highest BCUT2D eigenvalue weighted by atomic mass is 16.6. The number of hydrogen-bond donors (Lipinski definition) is 4. The van der Waals surface area contributed by atoms with Gasteiger partial charge in [-0.15, -0.1) is 6.42 Å². The number of nitrogens with one attached hydrogen (secondary N) is 1. The largest absolute Gasteiger partial charge is 0.394 e. The van der Waals surface area contributed by atoms with Gasteiger partial charge in [-0.3, -0.25) is 14.3 Å². The summed E-state index contributed by atoms with van der Waals surface area (Å²) in [5.41, 5.74) is -1.67. The van der Waals surface area contributed by atoms with Gasteiger partial charge in [0.05, 0.1) is 6.61 Å². The maximum Gasteiger partial charge on any atom is 0.330 e. The molecule has 8 heteroatoms. The summed E-state index contributed by atoms with van der Waals surface area (Å²) in [5, 5.41) is 28.3. The van der Waals surface area contributed by atoms with Crippen molar-refractivity contribution in [2.24, 2.45) is 0 Å². The normalized spacial score (nSPS) is 30.2. The van der Waals surface area contributed by atoms with Crippen LogP contribution in [0.2, 0.25) is 0 Å². The van der Waals surface area contributed by atoms with Crippen molar-refractivity contribution in [2.75, 3.05) is 6.61 Å². The fraction of sp³-hybridized carbons (Fsp3) is 0.455. The summed E-state index contributed by atoms with van der Waals surface area (Å²) >= 11 is 0. The minimum atomic E-state index is -1.42. The first-order valence-electron chi connectivity index (χ1n) is 5.44. The first-order valence-corrected chi connectivity index (χ1v) is 5.44. The molecule has 102 valence electrons. The Morgan fingerprint density at radius 1 is 1.42 bits per heavy atom. The van der Waals surface area contributed by atoms with Crippen LogP contribution in [0.1, 0.15) is 11.8 Å². The fourth-order valence-electron chi connectivity index (χ4n) is 1.89. The minimum Gasteiger partial charge on any atom is -0.394 e. The summed E-state index contributed by atoms with van der Waals surface area (Å²) in [4.78, 5) is 24.9. The Balaban J connectivity index is 2.46. The highest BCUT2D eigenvalue weighted by Crippen LogP contribution is 2.27. The summed E-state index contributed by atoms with van der Waals surface area (Å²) < 4.78 is 6.04. The average molecular weight is 268 g/mol. The molecule has 2 rings (SSSR count).